The molecule has 1 N–H and O–H groups in total. The number of rotatable bonds is 6. The molecule has 1 aromatic carbocycles. The Bertz CT molecular complexity index is 688. The summed E-state index contributed by atoms with van der Waals surface area (Å²) in [5.74, 6) is 1.62. The maximum atomic E-state index is 11.8. The number of benzene rings is 1. The van der Waals surface area contributed by atoms with Crippen LogP contribution in [0.4, 0.5) is 0 Å². The van der Waals surface area contributed by atoms with E-state index in [1.54, 1.807) is 0 Å². The summed E-state index contributed by atoms with van der Waals surface area (Å²) >= 11 is 0. The fraction of sp³-hybridized carbons (Fsp3) is 0.667. The lowest BCUT2D eigenvalue weighted by Gasteiger charge is -2.34. The van der Waals surface area contributed by atoms with Gasteiger partial charge in [0, 0.05) is 32.7 Å². The first kappa shape index (κ1) is 22.6. The zero-order valence-corrected chi connectivity index (χ0v) is 18.9. The monoisotopic (exact) mass is 414 g/mol. The molecule has 2 saturated heterocycles. The average Bonchev–Trinajstić information content (AvgIpc) is 2.79. The van der Waals surface area contributed by atoms with Gasteiger partial charge in [0.15, 0.2) is 5.96 Å². The molecule has 0 saturated carbocycles. The molecule has 6 heteroatoms. The minimum Gasteiger partial charge on any atom is -0.469 e. The first-order valence-corrected chi connectivity index (χ1v) is 11.5. The number of carbonyl (C=O) groups excluding carboxylic acids is 1. The topological polar surface area (TPSA) is 57.2 Å². The lowest BCUT2D eigenvalue weighted by molar-refractivity contribution is -0.146. The van der Waals surface area contributed by atoms with Gasteiger partial charge in [-0.3, -0.25) is 14.7 Å². The van der Waals surface area contributed by atoms with E-state index in [-0.39, 0.29) is 11.9 Å². The highest BCUT2D eigenvalue weighted by atomic mass is 16.5. The summed E-state index contributed by atoms with van der Waals surface area (Å²) in [5.41, 5.74) is 2.73. The Hall–Kier alpha value is -2.08. The smallest absolute Gasteiger partial charge is 0.308 e. The molecule has 0 spiro atoms. The second kappa shape index (κ2) is 11.3. The molecule has 3 rings (SSSR count). The Morgan fingerprint density at radius 2 is 1.77 bits per heavy atom. The number of hydrogen-bond acceptors (Lipinski definition) is 4. The molecule has 0 atom stereocenters. The number of hydrogen-bond donors (Lipinski definition) is 1. The normalized spacial score (nSPS) is 19.7. The van der Waals surface area contributed by atoms with Crippen LogP contribution in [0.3, 0.4) is 0 Å². The molecule has 0 amide bonds. The summed E-state index contributed by atoms with van der Waals surface area (Å²) in [6.45, 7) is 11.1. The third-order valence-corrected chi connectivity index (χ3v) is 6.40. The summed E-state index contributed by atoms with van der Waals surface area (Å²) < 4.78 is 4.90. The van der Waals surface area contributed by atoms with Crippen molar-refractivity contribution < 1.29 is 9.53 Å². The zero-order chi connectivity index (χ0) is 21.3. The molecule has 0 aromatic heterocycles. The minimum absolute atomic E-state index is 0.0342. The number of esters is 1. The fourth-order valence-corrected chi connectivity index (χ4v) is 4.41. The van der Waals surface area contributed by atoms with Crippen molar-refractivity contribution in [2.24, 2.45) is 16.8 Å². The van der Waals surface area contributed by atoms with E-state index in [1.807, 2.05) is 0 Å². The van der Waals surface area contributed by atoms with Crippen LogP contribution < -0.4 is 5.32 Å². The molecule has 2 heterocycles. The Kier molecular flexibility index (Phi) is 8.55. The van der Waals surface area contributed by atoms with Crippen LogP contribution in [0.25, 0.3) is 0 Å². The highest BCUT2D eigenvalue weighted by Gasteiger charge is 2.27. The second-order valence-electron chi connectivity index (χ2n) is 8.68. The van der Waals surface area contributed by atoms with Crippen LogP contribution in [0.5, 0.6) is 0 Å². The van der Waals surface area contributed by atoms with E-state index in [9.17, 15) is 4.79 Å². The van der Waals surface area contributed by atoms with Crippen LogP contribution in [0.15, 0.2) is 29.3 Å². The lowest BCUT2D eigenvalue weighted by Crippen LogP contribution is -2.47. The SMILES string of the molecule is CCNC(=NCC1CCN(Cc2ccc(C)cc2)CC1)N1CCC(C(=O)OC)CC1. The number of guanidine groups is 1. The lowest BCUT2D eigenvalue weighted by atomic mass is 9.96. The van der Waals surface area contributed by atoms with Gasteiger partial charge in [0.2, 0.25) is 0 Å². The minimum atomic E-state index is -0.0750. The van der Waals surface area contributed by atoms with Gasteiger partial charge < -0.3 is 15.0 Å². The molecular formula is C24H38N4O2. The van der Waals surface area contributed by atoms with E-state index < -0.39 is 0 Å². The van der Waals surface area contributed by atoms with Gasteiger partial charge in [0.05, 0.1) is 13.0 Å². The van der Waals surface area contributed by atoms with Crippen molar-refractivity contribution in [3.8, 4) is 0 Å². The Labute approximate surface area is 181 Å². The predicted molar refractivity (Wildman–Crippen MR) is 121 cm³/mol. The van der Waals surface area contributed by atoms with Crippen LogP contribution in [0, 0.1) is 18.8 Å². The number of methoxy groups -OCH3 is 1. The zero-order valence-electron chi connectivity index (χ0n) is 18.9. The molecule has 0 unspecified atom stereocenters. The highest BCUT2D eigenvalue weighted by molar-refractivity contribution is 5.80. The van der Waals surface area contributed by atoms with Crippen LogP contribution >= 0.6 is 0 Å². The van der Waals surface area contributed by atoms with E-state index >= 15 is 0 Å². The van der Waals surface area contributed by atoms with Gasteiger partial charge in [-0.25, -0.2) is 0 Å². The predicted octanol–water partition coefficient (Wildman–Crippen LogP) is 3.06. The van der Waals surface area contributed by atoms with Gasteiger partial charge in [-0.15, -0.1) is 0 Å². The molecule has 0 radical (unpaired) electrons. The summed E-state index contributed by atoms with van der Waals surface area (Å²) in [6, 6.07) is 8.90. The van der Waals surface area contributed by atoms with E-state index in [0.29, 0.717) is 5.92 Å². The van der Waals surface area contributed by atoms with Crippen molar-refractivity contribution in [2.45, 2.75) is 46.1 Å². The van der Waals surface area contributed by atoms with Gasteiger partial charge in [-0.2, -0.15) is 0 Å². The van der Waals surface area contributed by atoms with Crippen LogP contribution in [0.1, 0.15) is 43.7 Å². The van der Waals surface area contributed by atoms with Crippen molar-refractivity contribution >= 4 is 11.9 Å². The number of carbonyl (C=O) groups is 1. The maximum Gasteiger partial charge on any atom is 0.308 e. The third-order valence-electron chi connectivity index (χ3n) is 6.40. The first-order valence-electron chi connectivity index (χ1n) is 11.5. The number of likely N-dealkylation sites (tertiary alicyclic amines) is 2. The molecule has 166 valence electrons. The molecule has 2 fully saturated rings. The number of piperidine rings is 2. The number of aliphatic imine (C=N–C) groups is 1. The van der Waals surface area contributed by atoms with Gasteiger partial charge in [-0.05, 0) is 64.1 Å². The standard InChI is InChI=1S/C24H38N4O2/c1-4-25-24(28-15-11-22(12-16-28)23(29)30-3)26-17-20-9-13-27(14-10-20)18-21-7-5-19(2)6-8-21/h5-8,20,22H,4,9-18H2,1-3H3,(H,25,26). The maximum absolute atomic E-state index is 11.8. The summed E-state index contributed by atoms with van der Waals surface area (Å²) in [4.78, 5) is 21.6. The Morgan fingerprint density at radius 3 is 2.37 bits per heavy atom. The van der Waals surface area contributed by atoms with Crippen molar-refractivity contribution in [2.75, 3.05) is 46.4 Å². The third kappa shape index (κ3) is 6.46. The molecular weight excluding hydrogens is 376 g/mol. The van der Waals surface area contributed by atoms with Crippen molar-refractivity contribution in [1.82, 2.24) is 15.1 Å². The van der Waals surface area contributed by atoms with Crippen molar-refractivity contribution in [3.05, 3.63) is 35.4 Å². The van der Waals surface area contributed by atoms with Gasteiger partial charge in [0.25, 0.3) is 0 Å². The summed E-state index contributed by atoms with van der Waals surface area (Å²) in [7, 11) is 1.48. The molecule has 2 aliphatic heterocycles. The number of nitrogens with one attached hydrogen (secondary N) is 1. The average molecular weight is 415 g/mol. The first-order chi connectivity index (χ1) is 14.6. The van der Waals surface area contributed by atoms with Crippen LogP contribution in [0.2, 0.25) is 0 Å². The summed E-state index contributed by atoms with van der Waals surface area (Å²) in [6.07, 6.45) is 4.10. The molecule has 6 nitrogen and oxygen atoms in total. The number of ether oxygens (including phenoxy) is 1. The highest BCUT2D eigenvalue weighted by Crippen LogP contribution is 2.21. The van der Waals surface area contributed by atoms with Crippen molar-refractivity contribution in [3.63, 3.8) is 0 Å². The van der Waals surface area contributed by atoms with Gasteiger partial charge >= 0.3 is 5.97 Å². The number of aryl methyl sites for hydroxylation is 1. The molecule has 0 bridgehead atoms. The van der Waals surface area contributed by atoms with Crippen molar-refractivity contribution in [1.29, 1.82) is 0 Å². The summed E-state index contributed by atoms with van der Waals surface area (Å²) in [5, 5.41) is 3.45. The van der Waals surface area contributed by atoms with Gasteiger partial charge in [-0.1, -0.05) is 29.8 Å². The van der Waals surface area contributed by atoms with E-state index in [4.69, 9.17) is 9.73 Å². The molecule has 1 aromatic rings. The molecule has 0 aliphatic carbocycles. The second-order valence-corrected chi connectivity index (χ2v) is 8.68. The van der Waals surface area contributed by atoms with E-state index in [0.717, 1.165) is 64.6 Å². The Morgan fingerprint density at radius 1 is 1.10 bits per heavy atom. The quantitative estimate of drug-likeness (QED) is 0.440. The largest absolute Gasteiger partial charge is 0.469 e. The molecule has 2 aliphatic rings. The Balaban J connectivity index is 1.45. The van der Waals surface area contributed by atoms with Crippen LogP contribution in [-0.4, -0.2) is 68.1 Å². The van der Waals surface area contributed by atoms with E-state index in [2.05, 4.69) is 53.2 Å². The van der Waals surface area contributed by atoms with Gasteiger partial charge in [0.1, 0.15) is 0 Å². The number of nitrogens with zero attached hydrogens (tertiary/aromatic N) is 3. The molecule has 30 heavy (non-hydrogen) atoms. The van der Waals surface area contributed by atoms with E-state index in [1.165, 1.54) is 31.1 Å². The van der Waals surface area contributed by atoms with Crippen LogP contribution in [-0.2, 0) is 16.1 Å². The fourth-order valence-electron chi connectivity index (χ4n) is 4.41.